The summed E-state index contributed by atoms with van der Waals surface area (Å²) in [5, 5.41) is 0.770. The third-order valence-electron chi connectivity index (χ3n) is 2.19. The summed E-state index contributed by atoms with van der Waals surface area (Å²) in [6.45, 7) is 0. The summed E-state index contributed by atoms with van der Waals surface area (Å²) in [6.07, 6.45) is -5.19. The first-order valence-corrected chi connectivity index (χ1v) is 5.54. The summed E-state index contributed by atoms with van der Waals surface area (Å²) in [7, 11) is 0. The van der Waals surface area contributed by atoms with Crippen LogP contribution in [0.25, 0.3) is 0 Å². The number of benzene rings is 1. The highest BCUT2D eigenvalue weighted by atomic mass is 35.5. The van der Waals surface area contributed by atoms with E-state index in [9.17, 15) is 13.2 Å². The zero-order chi connectivity index (χ0) is 13.1. The molecule has 1 unspecified atom stereocenters. The van der Waals surface area contributed by atoms with Gasteiger partial charge in [0.2, 0.25) is 0 Å². The second-order valence-corrected chi connectivity index (χ2v) is 4.47. The molecule has 2 nitrogen and oxygen atoms in total. The van der Waals surface area contributed by atoms with Crippen LogP contribution in [-0.4, -0.2) is 12.2 Å². The van der Waals surface area contributed by atoms with Crippen molar-refractivity contribution in [2.24, 2.45) is 5.84 Å². The zero-order valence-corrected chi connectivity index (χ0v) is 10.2. The highest BCUT2D eigenvalue weighted by Gasteiger charge is 2.31. The largest absolute Gasteiger partial charge is 0.390 e. The van der Waals surface area contributed by atoms with Crippen LogP contribution in [0, 0.1) is 0 Å². The van der Waals surface area contributed by atoms with Crippen LogP contribution >= 0.6 is 23.2 Å². The van der Waals surface area contributed by atoms with E-state index in [0.29, 0.717) is 15.6 Å². The van der Waals surface area contributed by atoms with Gasteiger partial charge in [-0.3, -0.25) is 11.3 Å². The second-order valence-electron chi connectivity index (χ2n) is 3.62. The van der Waals surface area contributed by atoms with Crippen LogP contribution < -0.4 is 11.3 Å². The van der Waals surface area contributed by atoms with Crippen LogP contribution in [0.1, 0.15) is 12.0 Å². The molecule has 7 heteroatoms. The molecule has 3 N–H and O–H groups in total. The quantitative estimate of drug-likeness (QED) is 0.658. The van der Waals surface area contributed by atoms with Gasteiger partial charge >= 0.3 is 6.18 Å². The normalized spacial score (nSPS) is 13.8. The monoisotopic (exact) mass is 286 g/mol. The molecule has 1 atom stereocenters. The molecule has 0 fully saturated rings. The summed E-state index contributed by atoms with van der Waals surface area (Å²) >= 11 is 11.6. The lowest BCUT2D eigenvalue weighted by atomic mass is 10.0. The first kappa shape index (κ1) is 14.6. The van der Waals surface area contributed by atoms with Gasteiger partial charge in [0.25, 0.3) is 0 Å². The third-order valence-corrected chi connectivity index (χ3v) is 2.78. The number of alkyl halides is 3. The molecule has 1 rings (SSSR count). The molecule has 96 valence electrons. The van der Waals surface area contributed by atoms with Crippen molar-refractivity contribution >= 4 is 23.2 Å². The first-order valence-electron chi connectivity index (χ1n) is 4.78. The molecular weight excluding hydrogens is 276 g/mol. The van der Waals surface area contributed by atoms with Crippen LogP contribution in [0.3, 0.4) is 0 Å². The van der Waals surface area contributed by atoms with Crippen molar-refractivity contribution in [1.29, 1.82) is 0 Å². The number of hydrogen-bond acceptors (Lipinski definition) is 2. The van der Waals surface area contributed by atoms with Crippen LogP contribution in [-0.2, 0) is 6.42 Å². The van der Waals surface area contributed by atoms with Gasteiger partial charge in [-0.05, 0) is 24.1 Å². The molecule has 0 spiro atoms. The van der Waals surface area contributed by atoms with Gasteiger partial charge in [0, 0.05) is 16.1 Å². The molecule has 0 heterocycles. The summed E-state index contributed by atoms with van der Waals surface area (Å²) in [4.78, 5) is 0. The molecule has 0 saturated heterocycles. The molecule has 0 amide bonds. The fourth-order valence-electron chi connectivity index (χ4n) is 1.42. The summed E-state index contributed by atoms with van der Waals surface area (Å²) in [5.74, 6) is 5.09. The Labute approximate surface area is 107 Å². The van der Waals surface area contributed by atoms with Crippen molar-refractivity contribution in [3.8, 4) is 0 Å². The molecule has 0 radical (unpaired) electrons. The molecule has 0 aliphatic rings. The molecule has 17 heavy (non-hydrogen) atoms. The lowest BCUT2D eigenvalue weighted by Crippen LogP contribution is -2.40. The van der Waals surface area contributed by atoms with E-state index < -0.39 is 18.6 Å². The Morgan fingerprint density at radius 3 is 2.41 bits per heavy atom. The molecule has 0 aliphatic carbocycles. The Kier molecular flexibility index (Phi) is 5.06. The second kappa shape index (κ2) is 5.91. The SMILES string of the molecule is NNC(Cc1ccc(Cl)cc1Cl)CC(F)(F)F. The molecule has 0 aromatic heterocycles. The van der Waals surface area contributed by atoms with Gasteiger partial charge in [0.1, 0.15) is 0 Å². The number of nitrogens with two attached hydrogens (primary N) is 1. The van der Waals surface area contributed by atoms with Gasteiger partial charge in [0.05, 0.1) is 6.42 Å². The fourth-order valence-corrected chi connectivity index (χ4v) is 1.91. The number of nitrogens with one attached hydrogen (secondary N) is 1. The number of rotatable bonds is 4. The standard InChI is InChI=1S/C10H11Cl2F3N2/c11-7-2-1-6(9(12)4-7)3-8(17-16)5-10(13,14)15/h1-2,4,8,17H,3,5,16H2. The molecule has 1 aromatic carbocycles. The van der Waals surface area contributed by atoms with Gasteiger partial charge in [0.15, 0.2) is 0 Å². The van der Waals surface area contributed by atoms with E-state index in [4.69, 9.17) is 29.0 Å². The Morgan fingerprint density at radius 1 is 1.29 bits per heavy atom. The smallest absolute Gasteiger partial charge is 0.271 e. The molecule has 0 aliphatic heterocycles. The van der Waals surface area contributed by atoms with Gasteiger partial charge in [-0.15, -0.1) is 0 Å². The van der Waals surface area contributed by atoms with Crippen molar-refractivity contribution in [1.82, 2.24) is 5.43 Å². The minimum Gasteiger partial charge on any atom is -0.271 e. The predicted molar refractivity (Wildman–Crippen MR) is 61.9 cm³/mol. The topological polar surface area (TPSA) is 38.0 Å². The fraction of sp³-hybridized carbons (Fsp3) is 0.400. The average Bonchev–Trinajstić information content (AvgIpc) is 2.19. The van der Waals surface area contributed by atoms with Crippen molar-refractivity contribution in [2.75, 3.05) is 0 Å². The van der Waals surface area contributed by atoms with E-state index in [1.165, 1.54) is 6.07 Å². The van der Waals surface area contributed by atoms with E-state index in [1.807, 2.05) is 0 Å². The third kappa shape index (κ3) is 5.12. The van der Waals surface area contributed by atoms with E-state index in [2.05, 4.69) is 5.43 Å². The number of hydrazine groups is 1. The van der Waals surface area contributed by atoms with Crippen LogP contribution in [0.4, 0.5) is 13.2 Å². The van der Waals surface area contributed by atoms with Gasteiger partial charge in [-0.25, -0.2) is 0 Å². The van der Waals surface area contributed by atoms with Crippen molar-refractivity contribution in [3.05, 3.63) is 33.8 Å². The van der Waals surface area contributed by atoms with Crippen LogP contribution in [0.2, 0.25) is 10.0 Å². The first-order chi connectivity index (χ1) is 7.81. The Morgan fingerprint density at radius 2 is 1.94 bits per heavy atom. The maximum atomic E-state index is 12.2. The van der Waals surface area contributed by atoms with E-state index >= 15 is 0 Å². The number of hydrogen-bond donors (Lipinski definition) is 2. The van der Waals surface area contributed by atoms with E-state index in [0.717, 1.165) is 0 Å². The highest BCUT2D eigenvalue weighted by molar-refractivity contribution is 6.35. The van der Waals surface area contributed by atoms with Gasteiger partial charge < -0.3 is 0 Å². The number of halogens is 5. The minimum absolute atomic E-state index is 0.0893. The highest BCUT2D eigenvalue weighted by Crippen LogP contribution is 2.26. The maximum Gasteiger partial charge on any atom is 0.390 e. The lowest BCUT2D eigenvalue weighted by Gasteiger charge is -2.18. The summed E-state index contributed by atoms with van der Waals surface area (Å²) in [5.41, 5.74) is 2.71. The molecule has 1 aromatic rings. The molecule has 0 saturated carbocycles. The van der Waals surface area contributed by atoms with Crippen LogP contribution in [0.5, 0.6) is 0 Å². The minimum atomic E-state index is -4.27. The zero-order valence-electron chi connectivity index (χ0n) is 8.69. The Hall–Kier alpha value is -0.490. The van der Waals surface area contributed by atoms with Crippen molar-refractivity contribution in [2.45, 2.75) is 25.1 Å². The van der Waals surface area contributed by atoms with Crippen molar-refractivity contribution in [3.63, 3.8) is 0 Å². The van der Waals surface area contributed by atoms with E-state index in [1.54, 1.807) is 12.1 Å². The van der Waals surface area contributed by atoms with Gasteiger partial charge in [-0.2, -0.15) is 13.2 Å². The Bertz CT molecular complexity index is 382. The van der Waals surface area contributed by atoms with Crippen molar-refractivity contribution < 1.29 is 13.2 Å². The summed E-state index contributed by atoms with van der Waals surface area (Å²) in [6, 6.07) is 3.74. The average molecular weight is 287 g/mol. The van der Waals surface area contributed by atoms with Gasteiger partial charge in [-0.1, -0.05) is 29.3 Å². The molecular formula is C10H11Cl2F3N2. The molecule has 0 bridgehead atoms. The van der Waals surface area contributed by atoms with E-state index in [-0.39, 0.29) is 6.42 Å². The Balaban J connectivity index is 2.74. The lowest BCUT2D eigenvalue weighted by molar-refractivity contribution is -0.140. The predicted octanol–water partition coefficient (Wildman–Crippen LogP) is 3.32. The maximum absolute atomic E-state index is 12.2. The van der Waals surface area contributed by atoms with Crippen LogP contribution in [0.15, 0.2) is 18.2 Å². The summed E-state index contributed by atoms with van der Waals surface area (Å²) < 4.78 is 36.6.